The first kappa shape index (κ1) is 21.8. The molecular weight excluding hydrogens is 442 g/mol. The molecule has 0 fully saturated rings. The van der Waals surface area contributed by atoms with Crippen molar-refractivity contribution in [3.63, 3.8) is 0 Å². The third kappa shape index (κ3) is 3.55. The fourth-order valence-corrected chi connectivity index (χ4v) is 4.78. The number of nitrogens with zero attached hydrogens (tertiary/aromatic N) is 2. The number of anilines is 1. The molecule has 0 radical (unpaired) electrons. The van der Waals surface area contributed by atoms with Gasteiger partial charge in [-0.1, -0.05) is 84.9 Å². The number of fused-ring (bicyclic) bond motifs is 6. The normalized spacial score (nSPS) is 11.3. The van der Waals surface area contributed by atoms with E-state index >= 15 is 0 Å². The van der Waals surface area contributed by atoms with E-state index in [0.717, 1.165) is 44.6 Å². The van der Waals surface area contributed by atoms with Gasteiger partial charge in [0.25, 0.3) is 5.91 Å². The van der Waals surface area contributed by atoms with Gasteiger partial charge in [-0.15, -0.1) is 0 Å². The van der Waals surface area contributed by atoms with Crippen molar-refractivity contribution in [2.24, 2.45) is 0 Å². The number of nitrogens with one attached hydrogen (secondary N) is 1. The summed E-state index contributed by atoms with van der Waals surface area (Å²) >= 11 is 0. The van der Waals surface area contributed by atoms with Gasteiger partial charge in [0.15, 0.2) is 0 Å². The maximum atomic E-state index is 12.1. The van der Waals surface area contributed by atoms with Gasteiger partial charge >= 0.3 is 0 Å². The van der Waals surface area contributed by atoms with E-state index in [4.69, 9.17) is 4.98 Å². The van der Waals surface area contributed by atoms with Crippen molar-refractivity contribution in [2.45, 2.75) is 13.8 Å². The van der Waals surface area contributed by atoms with E-state index in [0.29, 0.717) is 5.57 Å². The lowest BCUT2D eigenvalue weighted by molar-refractivity contribution is -0.112. The standard InChI is InChI=1S/C32H25N3O/c1-20(2)32(36)33-23-16-18-24(19-17-23)35-30-28-11-7-5-9-26(28)25-8-4-6-10-27(25)29(30)34-31(35)22-14-12-21(3)13-15-22/h4-19H,1H2,2-3H3,(H,33,36). The van der Waals surface area contributed by atoms with E-state index < -0.39 is 0 Å². The van der Waals surface area contributed by atoms with Gasteiger partial charge in [0.1, 0.15) is 5.82 Å². The van der Waals surface area contributed by atoms with E-state index in [1.807, 2.05) is 24.3 Å². The molecule has 6 aromatic rings. The first-order valence-corrected chi connectivity index (χ1v) is 12.0. The van der Waals surface area contributed by atoms with E-state index in [2.05, 4.69) is 96.2 Å². The van der Waals surface area contributed by atoms with Gasteiger partial charge in [0.05, 0.1) is 11.0 Å². The maximum Gasteiger partial charge on any atom is 0.250 e. The molecule has 0 unspecified atom stereocenters. The lowest BCUT2D eigenvalue weighted by Gasteiger charge is -2.13. The van der Waals surface area contributed by atoms with Gasteiger partial charge in [-0.3, -0.25) is 9.36 Å². The third-order valence-electron chi connectivity index (χ3n) is 6.61. The molecule has 0 bridgehead atoms. The summed E-state index contributed by atoms with van der Waals surface area (Å²) in [6.07, 6.45) is 0. The molecule has 5 aromatic carbocycles. The second-order valence-electron chi connectivity index (χ2n) is 9.21. The van der Waals surface area contributed by atoms with Gasteiger partial charge in [0, 0.05) is 33.3 Å². The number of aryl methyl sites for hydroxylation is 1. The highest BCUT2D eigenvalue weighted by Gasteiger charge is 2.20. The van der Waals surface area contributed by atoms with Crippen LogP contribution in [0.15, 0.2) is 109 Å². The average Bonchev–Trinajstić information content (AvgIpc) is 3.31. The van der Waals surface area contributed by atoms with Crippen LogP contribution in [0.4, 0.5) is 5.69 Å². The van der Waals surface area contributed by atoms with Crippen molar-refractivity contribution in [3.8, 4) is 17.1 Å². The molecule has 0 spiro atoms. The van der Waals surface area contributed by atoms with Crippen LogP contribution in [0.25, 0.3) is 49.7 Å². The smallest absolute Gasteiger partial charge is 0.250 e. The summed E-state index contributed by atoms with van der Waals surface area (Å²) in [5.74, 6) is 0.693. The third-order valence-corrected chi connectivity index (χ3v) is 6.61. The summed E-state index contributed by atoms with van der Waals surface area (Å²) in [4.78, 5) is 17.4. The van der Waals surface area contributed by atoms with E-state index in [-0.39, 0.29) is 5.91 Å². The lowest BCUT2D eigenvalue weighted by atomic mass is 10.00. The van der Waals surface area contributed by atoms with Crippen LogP contribution < -0.4 is 5.32 Å². The molecule has 4 heteroatoms. The van der Waals surface area contributed by atoms with Crippen LogP contribution >= 0.6 is 0 Å². The number of rotatable bonds is 4. The second kappa shape index (κ2) is 8.51. The zero-order valence-electron chi connectivity index (χ0n) is 20.2. The molecule has 0 aliphatic carbocycles. The van der Waals surface area contributed by atoms with Crippen LogP contribution in [0, 0.1) is 6.92 Å². The summed E-state index contributed by atoms with van der Waals surface area (Å²) in [5.41, 5.74) is 6.46. The van der Waals surface area contributed by atoms with Crippen LogP contribution in [0.2, 0.25) is 0 Å². The largest absolute Gasteiger partial charge is 0.322 e. The quantitative estimate of drug-likeness (QED) is 0.212. The van der Waals surface area contributed by atoms with Gasteiger partial charge in [-0.05, 0) is 48.9 Å². The predicted molar refractivity (Wildman–Crippen MR) is 150 cm³/mol. The molecule has 0 aliphatic rings. The lowest BCUT2D eigenvalue weighted by Crippen LogP contribution is -2.11. The summed E-state index contributed by atoms with van der Waals surface area (Å²) < 4.78 is 2.24. The molecule has 0 saturated heterocycles. The summed E-state index contributed by atoms with van der Waals surface area (Å²) in [6, 6.07) is 33.3. The number of imidazole rings is 1. The number of hydrogen-bond donors (Lipinski definition) is 1. The summed E-state index contributed by atoms with van der Waals surface area (Å²) in [6.45, 7) is 7.51. The van der Waals surface area contributed by atoms with E-state index in [1.54, 1.807) is 6.92 Å². The molecule has 0 atom stereocenters. The molecule has 1 amide bonds. The Morgan fingerprint density at radius 2 is 1.36 bits per heavy atom. The van der Waals surface area contributed by atoms with Crippen molar-refractivity contribution in [2.75, 3.05) is 5.32 Å². The Hall–Kier alpha value is -4.70. The summed E-state index contributed by atoms with van der Waals surface area (Å²) in [5, 5.41) is 7.56. The minimum atomic E-state index is -0.186. The predicted octanol–water partition coefficient (Wildman–Crippen LogP) is 7.82. The monoisotopic (exact) mass is 467 g/mol. The van der Waals surface area contributed by atoms with Gasteiger partial charge in [-0.25, -0.2) is 4.98 Å². The maximum absolute atomic E-state index is 12.1. The SMILES string of the molecule is C=C(C)C(=O)Nc1ccc(-n2c(-c3ccc(C)cc3)nc3c4ccccc4c4ccccc4c32)cc1. The van der Waals surface area contributed by atoms with Crippen LogP contribution in [-0.2, 0) is 4.79 Å². The number of carbonyl (C=O) groups is 1. The average molecular weight is 468 g/mol. The molecule has 1 aromatic heterocycles. The molecule has 1 heterocycles. The molecule has 0 aliphatic heterocycles. The molecular formula is C32H25N3O. The first-order chi connectivity index (χ1) is 17.5. The van der Waals surface area contributed by atoms with Crippen molar-refractivity contribution < 1.29 is 4.79 Å². The topological polar surface area (TPSA) is 46.9 Å². The van der Waals surface area contributed by atoms with Crippen LogP contribution in [0.1, 0.15) is 12.5 Å². The molecule has 4 nitrogen and oxygen atoms in total. The van der Waals surface area contributed by atoms with Crippen molar-refractivity contribution in [1.82, 2.24) is 9.55 Å². The highest BCUT2D eigenvalue weighted by molar-refractivity contribution is 6.24. The Bertz CT molecular complexity index is 1790. The second-order valence-corrected chi connectivity index (χ2v) is 9.21. The van der Waals surface area contributed by atoms with E-state index in [1.165, 1.54) is 16.3 Å². The number of amides is 1. The Balaban J connectivity index is 1.68. The number of carbonyl (C=O) groups excluding carboxylic acids is 1. The minimum Gasteiger partial charge on any atom is -0.322 e. The highest BCUT2D eigenvalue weighted by atomic mass is 16.1. The van der Waals surface area contributed by atoms with Crippen LogP contribution in [-0.4, -0.2) is 15.5 Å². The number of hydrogen-bond acceptors (Lipinski definition) is 2. The minimum absolute atomic E-state index is 0.186. The fourth-order valence-electron chi connectivity index (χ4n) is 4.78. The molecule has 174 valence electrons. The molecule has 1 N–H and O–H groups in total. The number of aromatic nitrogens is 2. The van der Waals surface area contributed by atoms with Gasteiger partial charge in [0.2, 0.25) is 0 Å². The zero-order chi connectivity index (χ0) is 24.8. The summed E-state index contributed by atoms with van der Waals surface area (Å²) in [7, 11) is 0. The Kier molecular flexibility index (Phi) is 5.15. The van der Waals surface area contributed by atoms with Crippen LogP contribution in [0.3, 0.4) is 0 Å². The van der Waals surface area contributed by atoms with Crippen molar-refractivity contribution in [3.05, 3.63) is 115 Å². The fraction of sp³-hybridized carbons (Fsp3) is 0.0625. The Labute approximate surface area is 209 Å². The molecule has 6 rings (SSSR count). The molecule has 36 heavy (non-hydrogen) atoms. The Morgan fingerprint density at radius 1 is 0.778 bits per heavy atom. The van der Waals surface area contributed by atoms with Gasteiger partial charge < -0.3 is 5.32 Å². The zero-order valence-corrected chi connectivity index (χ0v) is 20.2. The van der Waals surface area contributed by atoms with Crippen molar-refractivity contribution in [1.29, 1.82) is 0 Å². The number of benzene rings is 5. The highest BCUT2D eigenvalue weighted by Crippen LogP contribution is 2.39. The molecule has 0 saturated carbocycles. The Morgan fingerprint density at radius 3 is 2.00 bits per heavy atom. The van der Waals surface area contributed by atoms with Crippen molar-refractivity contribution >= 4 is 44.2 Å². The van der Waals surface area contributed by atoms with E-state index in [9.17, 15) is 4.79 Å². The van der Waals surface area contributed by atoms with Crippen LogP contribution in [0.5, 0.6) is 0 Å². The van der Waals surface area contributed by atoms with Gasteiger partial charge in [-0.2, -0.15) is 0 Å². The first-order valence-electron chi connectivity index (χ1n) is 12.0.